The van der Waals surface area contributed by atoms with Gasteiger partial charge in [-0.15, -0.1) is 12.4 Å². The zero-order valence-electron chi connectivity index (χ0n) is 14.0. The number of carbonyl (C=O) groups excluding carboxylic acids is 1. The Balaban J connectivity index is 0.00000264. The van der Waals surface area contributed by atoms with Gasteiger partial charge in [0.25, 0.3) is 0 Å². The fourth-order valence-corrected chi connectivity index (χ4v) is 2.36. The predicted molar refractivity (Wildman–Crippen MR) is 94.5 cm³/mol. The highest BCUT2D eigenvalue weighted by molar-refractivity contribution is 5.95. The number of hydrogen-bond donors (Lipinski definition) is 2. The summed E-state index contributed by atoms with van der Waals surface area (Å²) < 4.78 is 10.9. The van der Waals surface area contributed by atoms with Gasteiger partial charge in [-0.05, 0) is 43.0 Å². The molecule has 5 nitrogen and oxygen atoms in total. The molecule has 130 valence electrons. The van der Waals surface area contributed by atoms with E-state index in [1.165, 1.54) is 0 Å². The van der Waals surface area contributed by atoms with E-state index in [-0.39, 0.29) is 30.5 Å². The van der Waals surface area contributed by atoms with E-state index in [0.29, 0.717) is 18.9 Å². The first-order valence-electron chi connectivity index (χ1n) is 7.88. The first-order chi connectivity index (χ1) is 10.6. The molecule has 0 aromatic heterocycles. The third kappa shape index (κ3) is 6.37. The smallest absolute Gasteiger partial charge is 0.241 e. The standard InChI is InChI=1S/C17H26N2O3.ClH/c1-12(2)8-9-22-14-6-4-13(5-7-14)19-17(20)16-10-15(21-3)11-18-16;/h4-7,12,15-16,18H,8-11H2,1-3H3,(H,19,20);1H/t15-,16+;/m0./s1. The summed E-state index contributed by atoms with van der Waals surface area (Å²) in [5.41, 5.74) is 0.781. The molecule has 23 heavy (non-hydrogen) atoms. The molecule has 0 saturated carbocycles. The lowest BCUT2D eigenvalue weighted by Gasteiger charge is -2.12. The molecule has 0 aliphatic carbocycles. The Kier molecular flexibility index (Phi) is 8.37. The minimum absolute atomic E-state index is 0. The Morgan fingerprint density at radius 2 is 2.04 bits per heavy atom. The number of methoxy groups -OCH3 is 1. The van der Waals surface area contributed by atoms with Crippen LogP contribution in [0.3, 0.4) is 0 Å². The van der Waals surface area contributed by atoms with Crippen molar-refractivity contribution in [2.24, 2.45) is 5.92 Å². The molecule has 2 rings (SSSR count). The lowest BCUT2D eigenvalue weighted by Crippen LogP contribution is -2.35. The minimum Gasteiger partial charge on any atom is -0.494 e. The van der Waals surface area contributed by atoms with Crippen LogP contribution in [0.1, 0.15) is 26.7 Å². The Morgan fingerprint density at radius 3 is 2.61 bits per heavy atom. The van der Waals surface area contributed by atoms with E-state index in [4.69, 9.17) is 9.47 Å². The van der Waals surface area contributed by atoms with Gasteiger partial charge < -0.3 is 20.1 Å². The zero-order valence-corrected chi connectivity index (χ0v) is 14.8. The molecule has 0 radical (unpaired) electrons. The average molecular weight is 343 g/mol. The summed E-state index contributed by atoms with van der Waals surface area (Å²) >= 11 is 0. The van der Waals surface area contributed by atoms with Crippen molar-refractivity contribution in [3.8, 4) is 5.75 Å². The van der Waals surface area contributed by atoms with Crippen molar-refractivity contribution < 1.29 is 14.3 Å². The zero-order chi connectivity index (χ0) is 15.9. The van der Waals surface area contributed by atoms with Crippen molar-refractivity contribution in [1.29, 1.82) is 0 Å². The quantitative estimate of drug-likeness (QED) is 0.800. The van der Waals surface area contributed by atoms with Crippen LogP contribution in [0.4, 0.5) is 5.69 Å². The maximum Gasteiger partial charge on any atom is 0.241 e. The number of carbonyl (C=O) groups is 1. The fourth-order valence-electron chi connectivity index (χ4n) is 2.36. The van der Waals surface area contributed by atoms with E-state index < -0.39 is 0 Å². The second kappa shape index (κ2) is 9.75. The van der Waals surface area contributed by atoms with Crippen molar-refractivity contribution in [3.05, 3.63) is 24.3 Å². The minimum atomic E-state index is -0.188. The summed E-state index contributed by atoms with van der Waals surface area (Å²) in [5.74, 6) is 1.44. The maximum atomic E-state index is 12.1. The van der Waals surface area contributed by atoms with Crippen LogP contribution in [-0.4, -0.2) is 38.3 Å². The van der Waals surface area contributed by atoms with Gasteiger partial charge in [-0.25, -0.2) is 0 Å². The third-order valence-electron chi connectivity index (χ3n) is 3.83. The molecule has 2 atom stereocenters. The molecule has 0 spiro atoms. The molecule has 2 N–H and O–H groups in total. The summed E-state index contributed by atoms with van der Waals surface area (Å²) in [6.45, 7) is 5.78. The number of nitrogens with one attached hydrogen (secondary N) is 2. The molecule has 1 aromatic carbocycles. The highest BCUT2D eigenvalue weighted by Crippen LogP contribution is 2.18. The maximum absolute atomic E-state index is 12.1. The van der Waals surface area contributed by atoms with Gasteiger partial charge in [-0.2, -0.15) is 0 Å². The normalized spacial score (nSPS) is 20.2. The van der Waals surface area contributed by atoms with Crippen LogP contribution in [0.15, 0.2) is 24.3 Å². The van der Waals surface area contributed by atoms with Gasteiger partial charge in [0.15, 0.2) is 0 Å². The summed E-state index contributed by atoms with van der Waals surface area (Å²) in [4.78, 5) is 12.1. The van der Waals surface area contributed by atoms with Crippen LogP contribution in [0.5, 0.6) is 5.75 Å². The fraction of sp³-hybridized carbons (Fsp3) is 0.588. The van der Waals surface area contributed by atoms with E-state index >= 15 is 0 Å². The molecule has 1 heterocycles. The number of halogens is 1. The van der Waals surface area contributed by atoms with Crippen LogP contribution < -0.4 is 15.4 Å². The number of hydrogen-bond acceptors (Lipinski definition) is 4. The predicted octanol–water partition coefficient (Wildman–Crippen LogP) is 2.85. The first kappa shape index (κ1) is 19.7. The summed E-state index contributed by atoms with van der Waals surface area (Å²) in [5, 5.41) is 6.08. The topological polar surface area (TPSA) is 59.6 Å². The Labute approximate surface area is 144 Å². The van der Waals surface area contributed by atoms with E-state index in [2.05, 4.69) is 24.5 Å². The van der Waals surface area contributed by atoms with Gasteiger partial charge in [0.05, 0.1) is 18.8 Å². The summed E-state index contributed by atoms with van der Waals surface area (Å²) in [7, 11) is 1.67. The van der Waals surface area contributed by atoms with Gasteiger partial charge in [0.1, 0.15) is 5.75 Å². The van der Waals surface area contributed by atoms with Gasteiger partial charge in [-0.1, -0.05) is 13.8 Å². The number of amides is 1. The molecule has 1 saturated heterocycles. The monoisotopic (exact) mass is 342 g/mol. The third-order valence-corrected chi connectivity index (χ3v) is 3.83. The van der Waals surface area contributed by atoms with Crippen molar-refractivity contribution in [2.75, 3.05) is 25.6 Å². The van der Waals surface area contributed by atoms with Gasteiger partial charge in [0.2, 0.25) is 5.91 Å². The molecule has 1 aliphatic heterocycles. The van der Waals surface area contributed by atoms with E-state index in [9.17, 15) is 4.79 Å². The highest BCUT2D eigenvalue weighted by Gasteiger charge is 2.29. The molecule has 1 amide bonds. The van der Waals surface area contributed by atoms with E-state index in [1.807, 2.05) is 24.3 Å². The van der Waals surface area contributed by atoms with Crippen molar-refractivity contribution in [3.63, 3.8) is 0 Å². The highest BCUT2D eigenvalue weighted by atomic mass is 35.5. The van der Waals surface area contributed by atoms with Crippen LogP contribution in [0.25, 0.3) is 0 Å². The number of benzene rings is 1. The number of ether oxygens (including phenoxy) is 2. The first-order valence-corrected chi connectivity index (χ1v) is 7.88. The largest absolute Gasteiger partial charge is 0.494 e. The SMILES string of the molecule is CO[C@@H]1CN[C@@H](C(=O)Nc2ccc(OCCC(C)C)cc2)C1.Cl. The lowest BCUT2D eigenvalue weighted by atomic mass is 10.1. The molecule has 0 bridgehead atoms. The molecular formula is C17H27ClN2O3. The van der Waals surface area contributed by atoms with Crippen LogP contribution in [-0.2, 0) is 9.53 Å². The summed E-state index contributed by atoms with van der Waals surface area (Å²) in [6, 6.07) is 7.31. The molecule has 1 aliphatic rings. The Bertz CT molecular complexity index is 479. The Hall–Kier alpha value is -1.30. The average Bonchev–Trinajstić information content (AvgIpc) is 2.98. The Morgan fingerprint density at radius 1 is 1.35 bits per heavy atom. The molecule has 0 unspecified atom stereocenters. The van der Waals surface area contributed by atoms with E-state index in [0.717, 1.165) is 24.4 Å². The summed E-state index contributed by atoms with van der Waals surface area (Å²) in [6.07, 6.45) is 1.86. The van der Waals surface area contributed by atoms with Crippen molar-refractivity contribution in [1.82, 2.24) is 5.32 Å². The molecule has 1 fully saturated rings. The van der Waals surface area contributed by atoms with E-state index in [1.54, 1.807) is 7.11 Å². The second-order valence-corrected chi connectivity index (χ2v) is 6.10. The van der Waals surface area contributed by atoms with Gasteiger partial charge in [-0.3, -0.25) is 4.79 Å². The van der Waals surface area contributed by atoms with Crippen LogP contribution in [0.2, 0.25) is 0 Å². The van der Waals surface area contributed by atoms with Gasteiger partial charge in [0, 0.05) is 19.3 Å². The van der Waals surface area contributed by atoms with Crippen molar-refractivity contribution in [2.45, 2.75) is 38.8 Å². The molecular weight excluding hydrogens is 316 g/mol. The van der Waals surface area contributed by atoms with Crippen LogP contribution in [0, 0.1) is 5.92 Å². The van der Waals surface area contributed by atoms with Gasteiger partial charge >= 0.3 is 0 Å². The number of anilines is 1. The molecule has 1 aromatic rings. The van der Waals surface area contributed by atoms with Crippen LogP contribution >= 0.6 is 12.4 Å². The number of rotatable bonds is 7. The lowest BCUT2D eigenvalue weighted by molar-refractivity contribution is -0.118. The second-order valence-electron chi connectivity index (χ2n) is 6.10. The van der Waals surface area contributed by atoms with Crippen molar-refractivity contribution >= 4 is 24.0 Å². The molecule has 6 heteroatoms.